The number of carbonyl (C=O) groups is 1. The van der Waals surface area contributed by atoms with Crippen LogP contribution in [-0.2, 0) is 0 Å². The number of halogens is 2. The van der Waals surface area contributed by atoms with Crippen molar-refractivity contribution in [2.75, 3.05) is 12.4 Å². The molecular weight excluding hydrogens is 387 g/mol. The summed E-state index contributed by atoms with van der Waals surface area (Å²) in [4.78, 5) is 23.3. The Labute approximate surface area is 156 Å². The standard InChI is InChI=1S/C16H10Cl2N2O4S/c1-24-9-3-5-13-10(7-9)14(18)15(25-13)16(21)19-11-4-2-8(17)6-12(11)20(22)23/h2-7H,1H3,(H,19,21). The van der Waals surface area contributed by atoms with Gasteiger partial charge in [0.1, 0.15) is 16.3 Å². The van der Waals surface area contributed by atoms with Crippen LogP contribution in [0.5, 0.6) is 5.75 Å². The molecule has 0 atom stereocenters. The molecule has 1 aromatic heterocycles. The van der Waals surface area contributed by atoms with Crippen molar-refractivity contribution in [3.63, 3.8) is 0 Å². The van der Waals surface area contributed by atoms with E-state index >= 15 is 0 Å². The smallest absolute Gasteiger partial charge is 0.294 e. The van der Waals surface area contributed by atoms with Crippen LogP contribution in [0.1, 0.15) is 9.67 Å². The van der Waals surface area contributed by atoms with Gasteiger partial charge >= 0.3 is 0 Å². The minimum Gasteiger partial charge on any atom is -0.497 e. The maximum atomic E-state index is 12.5. The Bertz CT molecular complexity index is 1000. The van der Waals surface area contributed by atoms with Gasteiger partial charge in [0.05, 0.1) is 17.1 Å². The van der Waals surface area contributed by atoms with Crippen molar-refractivity contribution in [2.24, 2.45) is 0 Å². The Morgan fingerprint density at radius 1 is 1.24 bits per heavy atom. The molecule has 0 aliphatic rings. The Morgan fingerprint density at radius 3 is 2.68 bits per heavy atom. The molecule has 6 nitrogen and oxygen atoms in total. The average molecular weight is 397 g/mol. The Hall–Kier alpha value is -2.35. The summed E-state index contributed by atoms with van der Waals surface area (Å²) in [6, 6.07) is 9.31. The normalized spacial score (nSPS) is 10.7. The first-order valence-corrected chi connectivity index (χ1v) is 8.49. The zero-order valence-corrected chi connectivity index (χ0v) is 15.0. The van der Waals surface area contributed by atoms with Crippen molar-refractivity contribution < 1.29 is 14.5 Å². The predicted molar refractivity (Wildman–Crippen MR) is 99.4 cm³/mol. The number of benzene rings is 2. The second-order valence-corrected chi connectivity index (χ2v) is 6.85. The molecule has 0 unspecified atom stereocenters. The number of amides is 1. The number of ether oxygens (including phenoxy) is 1. The lowest BCUT2D eigenvalue weighted by molar-refractivity contribution is -0.383. The number of thiophene rings is 1. The van der Waals surface area contributed by atoms with Crippen molar-refractivity contribution in [1.82, 2.24) is 0 Å². The van der Waals surface area contributed by atoms with Crippen LogP contribution in [0.15, 0.2) is 36.4 Å². The maximum Gasteiger partial charge on any atom is 0.294 e. The van der Waals surface area contributed by atoms with Crippen LogP contribution in [0, 0.1) is 10.1 Å². The molecule has 0 radical (unpaired) electrons. The van der Waals surface area contributed by atoms with Crippen LogP contribution in [-0.4, -0.2) is 17.9 Å². The van der Waals surface area contributed by atoms with E-state index in [0.29, 0.717) is 11.1 Å². The van der Waals surface area contributed by atoms with E-state index < -0.39 is 10.8 Å². The summed E-state index contributed by atoms with van der Waals surface area (Å²) >= 11 is 13.3. The molecule has 1 N–H and O–H groups in total. The van der Waals surface area contributed by atoms with Crippen LogP contribution in [0.3, 0.4) is 0 Å². The molecule has 0 fully saturated rings. The van der Waals surface area contributed by atoms with E-state index in [0.717, 1.165) is 4.70 Å². The third-order valence-corrected chi connectivity index (χ3v) is 5.35. The number of nitro groups is 1. The number of nitro benzene ring substituents is 1. The first-order valence-electron chi connectivity index (χ1n) is 6.92. The van der Waals surface area contributed by atoms with E-state index in [-0.39, 0.29) is 26.3 Å². The zero-order chi connectivity index (χ0) is 18.1. The predicted octanol–water partition coefficient (Wildman–Crippen LogP) is 5.38. The molecule has 1 amide bonds. The molecule has 3 aromatic rings. The van der Waals surface area contributed by atoms with Crippen LogP contribution in [0.2, 0.25) is 10.0 Å². The van der Waals surface area contributed by atoms with E-state index in [9.17, 15) is 14.9 Å². The molecule has 0 aliphatic carbocycles. The third-order valence-electron chi connectivity index (χ3n) is 3.45. The SMILES string of the molecule is COc1ccc2sc(C(=O)Nc3ccc(Cl)cc3[N+](=O)[O-])c(Cl)c2c1. The van der Waals surface area contributed by atoms with Gasteiger partial charge in [0.15, 0.2) is 0 Å². The van der Waals surface area contributed by atoms with E-state index in [1.165, 1.54) is 36.6 Å². The number of hydrogen-bond donors (Lipinski definition) is 1. The van der Waals surface area contributed by atoms with Gasteiger partial charge in [-0.25, -0.2) is 0 Å². The molecule has 0 aliphatic heterocycles. The van der Waals surface area contributed by atoms with Crippen molar-refractivity contribution in [3.05, 3.63) is 61.4 Å². The molecule has 2 aromatic carbocycles. The minimum absolute atomic E-state index is 0.0468. The summed E-state index contributed by atoms with van der Waals surface area (Å²) < 4.78 is 5.96. The van der Waals surface area contributed by atoms with Crippen LogP contribution in [0.25, 0.3) is 10.1 Å². The summed E-state index contributed by atoms with van der Waals surface area (Å²) in [6.45, 7) is 0. The first-order chi connectivity index (χ1) is 11.9. The quantitative estimate of drug-likeness (QED) is 0.474. The number of fused-ring (bicyclic) bond motifs is 1. The third kappa shape index (κ3) is 3.39. The van der Waals surface area contributed by atoms with Gasteiger partial charge in [0.25, 0.3) is 11.6 Å². The van der Waals surface area contributed by atoms with Crippen molar-refractivity contribution in [1.29, 1.82) is 0 Å². The van der Waals surface area contributed by atoms with E-state index in [1.807, 2.05) is 0 Å². The monoisotopic (exact) mass is 396 g/mol. The second-order valence-electron chi connectivity index (χ2n) is 4.98. The number of rotatable bonds is 4. The highest BCUT2D eigenvalue weighted by Crippen LogP contribution is 2.38. The molecule has 1 heterocycles. The lowest BCUT2D eigenvalue weighted by Crippen LogP contribution is -2.12. The van der Waals surface area contributed by atoms with Gasteiger partial charge in [-0.3, -0.25) is 14.9 Å². The molecule has 0 saturated heterocycles. The van der Waals surface area contributed by atoms with Crippen molar-refractivity contribution in [3.8, 4) is 5.75 Å². The number of anilines is 1. The minimum atomic E-state index is -0.612. The summed E-state index contributed by atoms with van der Waals surface area (Å²) in [6.07, 6.45) is 0. The zero-order valence-electron chi connectivity index (χ0n) is 12.7. The van der Waals surface area contributed by atoms with Gasteiger partial charge < -0.3 is 10.1 Å². The first kappa shape index (κ1) is 17.5. The van der Waals surface area contributed by atoms with Gasteiger partial charge in [0, 0.05) is 21.2 Å². The molecule has 3 rings (SSSR count). The molecule has 9 heteroatoms. The highest BCUT2D eigenvalue weighted by molar-refractivity contribution is 7.21. The summed E-state index contributed by atoms with van der Waals surface area (Å²) in [5, 5.41) is 14.8. The summed E-state index contributed by atoms with van der Waals surface area (Å²) in [7, 11) is 1.54. The van der Waals surface area contributed by atoms with Crippen LogP contribution >= 0.6 is 34.5 Å². The maximum absolute atomic E-state index is 12.5. The van der Waals surface area contributed by atoms with Gasteiger partial charge in [-0.2, -0.15) is 0 Å². The topological polar surface area (TPSA) is 81.5 Å². The Balaban J connectivity index is 1.98. The number of carbonyl (C=O) groups excluding carboxylic acids is 1. The van der Waals surface area contributed by atoms with Crippen LogP contribution < -0.4 is 10.1 Å². The Kier molecular flexibility index (Phi) is 4.80. The highest BCUT2D eigenvalue weighted by Gasteiger charge is 2.21. The second kappa shape index (κ2) is 6.87. The van der Waals surface area contributed by atoms with Gasteiger partial charge in [0.2, 0.25) is 0 Å². The number of methoxy groups -OCH3 is 1. The van der Waals surface area contributed by atoms with Crippen LogP contribution in [0.4, 0.5) is 11.4 Å². The fraction of sp³-hybridized carbons (Fsp3) is 0.0625. The van der Waals surface area contributed by atoms with Gasteiger partial charge in [-0.1, -0.05) is 23.2 Å². The number of nitrogens with zero attached hydrogens (tertiary/aromatic N) is 1. The fourth-order valence-electron chi connectivity index (χ4n) is 2.26. The number of hydrogen-bond acceptors (Lipinski definition) is 5. The highest BCUT2D eigenvalue weighted by atomic mass is 35.5. The fourth-order valence-corrected chi connectivity index (χ4v) is 3.81. The Morgan fingerprint density at radius 2 is 2.00 bits per heavy atom. The largest absolute Gasteiger partial charge is 0.497 e. The lowest BCUT2D eigenvalue weighted by Gasteiger charge is -2.05. The van der Waals surface area contributed by atoms with Gasteiger partial charge in [-0.05, 0) is 30.3 Å². The van der Waals surface area contributed by atoms with Crippen molar-refractivity contribution >= 4 is 61.9 Å². The summed E-state index contributed by atoms with van der Waals surface area (Å²) in [5.41, 5.74) is -0.245. The van der Waals surface area contributed by atoms with E-state index in [2.05, 4.69) is 5.32 Å². The molecule has 0 bridgehead atoms. The average Bonchev–Trinajstić information content (AvgIpc) is 2.92. The molecule has 0 spiro atoms. The van der Waals surface area contributed by atoms with Crippen molar-refractivity contribution in [2.45, 2.75) is 0 Å². The van der Waals surface area contributed by atoms with E-state index in [1.54, 1.807) is 18.2 Å². The molecular formula is C16H10Cl2N2O4S. The molecule has 0 saturated carbocycles. The molecule has 25 heavy (non-hydrogen) atoms. The van der Waals surface area contributed by atoms with E-state index in [4.69, 9.17) is 27.9 Å². The summed E-state index contributed by atoms with van der Waals surface area (Å²) in [5.74, 6) is 0.0862. The number of nitrogens with one attached hydrogen (secondary N) is 1. The lowest BCUT2D eigenvalue weighted by atomic mass is 10.2. The molecule has 128 valence electrons. The van der Waals surface area contributed by atoms with Gasteiger partial charge in [-0.15, -0.1) is 11.3 Å².